The van der Waals surface area contributed by atoms with Crippen molar-refractivity contribution in [1.29, 1.82) is 0 Å². The van der Waals surface area contributed by atoms with Crippen LogP contribution in [0.4, 0.5) is 0 Å². The standard InChI is InChI=1S/C40H77O8P/c1-3-5-7-9-11-13-15-17-18-19-20-21-22-23-25-26-28-30-32-34-39(41)46-36-38(37-47-49(43,44)45)48-40(42)35-33-31-29-27-24-16-14-12-10-8-6-4-2/h12,14,38H,3-11,13,15-37H2,1-2H3,(H2,43,44,45)/b14-12-/t38-/m1/s1. The van der Waals surface area contributed by atoms with Crippen LogP contribution < -0.4 is 0 Å². The minimum Gasteiger partial charge on any atom is -0.462 e. The molecule has 0 bridgehead atoms. The lowest BCUT2D eigenvalue weighted by atomic mass is 10.0. The quantitative estimate of drug-likeness (QED) is 0.0280. The maximum Gasteiger partial charge on any atom is 0.469 e. The van der Waals surface area contributed by atoms with Crippen LogP contribution >= 0.6 is 7.82 Å². The van der Waals surface area contributed by atoms with Gasteiger partial charge in [-0.05, 0) is 38.5 Å². The summed E-state index contributed by atoms with van der Waals surface area (Å²) in [4.78, 5) is 42.7. The Morgan fingerprint density at radius 1 is 0.510 bits per heavy atom. The van der Waals surface area contributed by atoms with Crippen LogP contribution in [0.3, 0.4) is 0 Å². The normalized spacial score (nSPS) is 12.5. The minimum atomic E-state index is -4.75. The molecule has 0 saturated heterocycles. The molecular formula is C40H77O8P. The fourth-order valence-electron chi connectivity index (χ4n) is 5.96. The maximum absolute atomic E-state index is 12.3. The third-order valence-electron chi connectivity index (χ3n) is 9.03. The first-order valence-corrected chi connectivity index (χ1v) is 22.0. The van der Waals surface area contributed by atoms with Crippen LogP contribution in [0.25, 0.3) is 0 Å². The summed E-state index contributed by atoms with van der Waals surface area (Å²) < 4.78 is 26.3. The van der Waals surface area contributed by atoms with Gasteiger partial charge in [-0.15, -0.1) is 0 Å². The number of unbranched alkanes of at least 4 members (excludes halogenated alkanes) is 26. The number of allylic oxidation sites excluding steroid dienone is 2. The van der Waals surface area contributed by atoms with Gasteiger partial charge in [0.2, 0.25) is 0 Å². The molecule has 0 aliphatic heterocycles. The highest BCUT2D eigenvalue weighted by Crippen LogP contribution is 2.36. The molecule has 0 radical (unpaired) electrons. The van der Waals surface area contributed by atoms with Gasteiger partial charge in [0.15, 0.2) is 6.10 Å². The highest BCUT2D eigenvalue weighted by atomic mass is 31.2. The number of rotatable bonds is 38. The highest BCUT2D eigenvalue weighted by molar-refractivity contribution is 7.46. The van der Waals surface area contributed by atoms with Crippen molar-refractivity contribution >= 4 is 19.8 Å². The Hall–Kier alpha value is -1.21. The highest BCUT2D eigenvalue weighted by Gasteiger charge is 2.22. The molecule has 0 amide bonds. The SMILES string of the molecule is CCCCC/C=C\CCCCCCCC(=O)O[C@H](COC(=O)CCCCCCCCCCCCCCCCCCCCC)COP(=O)(O)O. The van der Waals surface area contributed by atoms with Crippen molar-refractivity contribution < 1.29 is 37.9 Å². The van der Waals surface area contributed by atoms with Gasteiger partial charge in [0.25, 0.3) is 0 Å². The molecule has 0 aromatic carbocycles. The largest absolute Gasteiger partial charge is 0.469 e. The Balaban J connectivity index is 3.85. The van der Waals surface area contributed by atoms with Gasteiger partial charge in [0, 0.05) is 12.8 Å². The average Bonchev–Trinajstić information content (AvgIpc) is 3.07. The van der Waals surface area contributed by atoms with Crippen LogP contribution in [-0.2, 0) is 28.2 Å². The van der Waals surface area contributed by atoms with Crippen molar-refractivity contribution in [3.05, 3.63) is 12.2 Å². The summed E-state index contributed by atoms with van der Waals surface area (Å²) in [5, 5.41) is 0. The summed E-state index contributed by atoms with van der Waals surface area (Å²) >= 11 is 0. The summed E-state index contributed by atoms with van der Waals surface area (Å²) in [5.74, 6) is -0.885. The van der Waals surface area contributed by atoms with Gasteiger partial charge in [-0.2, -0.15) is 0 Å². The third-order valence-corrected chi connectivity index (χ3v) is 9.52. The van der Waals surface area contributed by atoms with Gasteiger partial charge >= 0.3 is 19.8 Å². The minimum absolute atomic E-state index is 0.205. The molecule has 0 unspecified atom stereocenters. The smallest absolute Gasteiger partial charge is 0.462 e. The number of ether oxygens (including phenoxy) is 2. The zero-order chi connectivity index (χ0) is 36.1. The first kappa shape index (κ1) is 47.8. The molecule has 0 aliphatic carbocycles. The number of phosphoric ester groups is 1. The van der Waals surface area contributed by atoms with E-state index in [1.807, 2.05) is 0 Å². The van der Waals surface area contributed by atoms with E-state index in [0.29, 0.717) is 6.42 Å². The first-order chi connectivity index (χ1) is 23.8. The second-order valence-corrected chi connectivity index (χ2v) is 15.2. The molecule has 8 nitrogen and oxygen atoms in total. The Labute approximate surface area is 301 Å². The van der Waals surface area contributed by atoms with Gasteiger partial charge in [-0.3, -0.25) is 14.1 Å². The third kappa shape index (κ3) is 39.4. The van der Waals surface area contributed by atoms with Crippen LogP contribution in [0.1, 0.15) is 213 Å². The summed E-state index contributed by atoms with van der Waals surface area (Å²) in [6.45, 7) is 3.67. The lowest BCUT2D eigenvalue weighted by Gasteiger charge is -2.18. The van der Waals surface area contributed by atoms with Gasteiger partial charge in [0.05, 0.1) is 6.61 Å². The molecule has 9 heteroatoms. The topological polar surface area (TPSA) is 119 Å². The molecule has 0 aromatic rings. The summed E-state index contributed by atoms with van der Waals surface area (Å²) in [6.07, 6.45) is 39.4. The number of esters is 2. The second kappa shape index (κ2) is 36.6. The number of phosphoric acid groups is 1. The van der Waals surface area contributed by atoms with Gasteiger partial charge < -0.3 is 19.3 Å². The number of hydrogen-bond acceptors (Lipinski definition) is 6. The van der Waals surface area contributed by atoms with E-state index in [-0.39, 0.29) is 19.4 Å². The van der Waals surface area contributed by atoms with Crippen LogP contribution in [0.5, 0.6) is 0 Å². The van der Waals surface area contributed by atoms with Crippen LogP contribution in [0.2, 0.25) is 0 Å². The predicted molar refractivity (Wildman–Crippen MR) is 202 cm³/mol. The molecule has 2 N–H and O–H groups in total. The van der Waals surface area contributed by atoms with Crippen LogP contribution in [-0.4, -0.2) is 41.0 Å². The van der Waals surface area contributed by atoms with Gasteiger partial charge in [-0.25, -0.2) is 4.57 Å². The molecule has 0 aromatic heterocycles. The predicted octanol–water partition coefficient (Wildman–Crippen LogP) is 12.2. The fourth-order valence-corrected chi connectivity index (χ4v) is 6.32. The van der Waals surface area contributed by atoms with Gasteiger partial charge in [-0.1, -0.05) is 174 Å². The second-order valence-electron chi connectivity index (χ2n) is 14.0. The maximum atomic E-state index is 12.3. The molecule has 290 valence electrons. The van der Waals surface area contributed by atoms with E-state index in [9.17, 15) is 14.2 Å². The van der Waals surface area contributed by atoms with Crippen molar-refractivity contribution in [2.75, 3.05) is 13.2 Å². The summed E-state index contributed by atoms with van der Waals surface area (Å²) in [6, 6.07) is 0. The molecule has 49 heavy (non-hydrogen) atoms. The van der Waals surface area contributed by atoms with Crippen molar-refractivity contribution in [1.82, 2.24) is 0 Å². The summed E-state index contributed by atoms with van der Waals surface area (Å²) in [5.41, 5.74) is 0. The Morgan fingerprint density at radius 2 is 0.857 bits per heavy atom. The lowest BCUT2D eigenvalue weighted by molar-refractivity contribution is -0.161. The molecule has 0 heterocycles. The van der Waals surface area contributed by atoms with Gasteiger partial charge in [0.1, 0.15) is 6.61 Å². The van der Waals surface area contributed by atoms with Crippen molar-refractivity contribution in [2.45, 2.75) is 219 Å². The van der Waals surface area contributed by atoms with E-state index in [1.165, 1.54) is 122 Å². The Bertz CT molecular complexity index is 812. The monoisotopic (exact) mass is 717 g/mol. The lowest BCUT2D eigenvalue weighted by Crippen LogP contribution is -2.29. The summed E-state index contributed by atoms with van der Waals surface area (Å²) in [7, 11) is -4.75. The van der Waals surface area contributed by atoms with Crippen LogP contribution in [0, 0.1) is 0 Å². The van der Waals surface area contributed by atoms with E-state index in [2.05, 4.69) is 30.5 Å². The van der Waals surface area contributed by atoms with Crippen molar-refractivity contribution in [3.63, 3.8) is 0 Å². The Morgan fingerprint density at radius 3 is 1.29 bits per heavy atom. The molecule has 0 saturated carbocycles. The zero-order valence-electron chi connectivity index (χ0n) is 31.9. The number of carbonyl (C=O) groups is 2. The van der Waals surface area contributed by atoms with E-state index in [4.69, 9.17) is 19.3 Å². The van der Waals surface area contributed by atoms with Crippen molar-refractivity contribution in [2.24, 2.45) is 0 Å². The van der Waals surface area contributed by atoms with E-state index < -0.39 is 32.5 Å². The number of hydrogen-bond donors (Lipinski definition) is 2. The van der Waals surface area contributed by atoms with E-state index >= 15 is 0 Å². The average molecular weight is 717 g/mol. The van der Waals surface area contributed by atoms with E-state index in [0.717, 1.165) is 57.8 Å². The molecular weight excluding hydrogens is 639 g/mol. The molecule has 0 spiro atoms. The van der Waals surface area contributed by atoms with Crippen molar-refractivity contribution in [3.8, 4) is 0 Å². The Kier molecular flexibility index (Phi) is 35.7. The molecule has 0 rings (SSSR count). The van der Waals surface area contributed by atoms with E-state index in [1.54, 1.807) is 0 Å². The molecule has 0 aliphatic rings. The molecule has 1 atom stereocenters. The number of carbonyl (C=O) groups excluding carboxylic acids is 2. The first-order valence-electron chi connectivity index (χ1n) is 20.5. The molecule has 0 fully saturated rings. The van der Waals surface area contributed by atoms with Crippen LogP contribution in [0.15, 0.2) is 12.2 Å². The zero-order valence-corrected chi connectivity index (χ0v) is 32.8. The fraction of sp³-hybridized carbons (Fsp3) is 0.900.